The molecule has 0 unspecified atom stereocenters. The molecule has 0 saturated carbocycles. The van der Waals surface area contributed by atoms with Gasteiger partial charge >= 0.3 is 10.3 Å². The van der Waals surface area contributed by atoms with Crippen molar-refractivity contribution in [1.29, 1.82) is 0 Å². The van der Waals surface area contributed by atoms with Crippen LogP contribution in [0.15, 0.2) is 30.3 Å². The fourth-order valence-corrected chi connectivity index (χ4v) is 1.08. The summed E-state index contributed by atoms with van der Waals surface area (Å²) < 4.78 is 28.9. The summed E-state index contributed by atoms with van der Waals surface area (Å²) in [6.07, 6.45) is 0. The molecule has 1 aromatic carbocycles. The van der Waals surface area contributed by atoms with Crippen LogP contribution < -0.4 is 0 Å². The zero-order valence-electron chi connectivity index (χ0n) is 6.25. The van der Waals surface area contributed by atoms with Crippen molar-refractivity contribution >= 4 is 16.0 Å². The van der Waals surface area contributed by atoms with E-state index in [-0.39, 0.29) is 32.2 Å². The SMILES string of the molecule is [Ag].[N-]=[N+](c1ccccc1)S(=O)(=O)O. The van der Waals surface area contributed by atoms with Crippen molar-refractivity contribution in [3.8, 4) is 0 Å². The number of hydrogen-bond acceptors (Lipinski definition) is 2. The van der Waals surface area contributed by atoms with Gasteiger partial charge in [0.25, 0.3) is 0 Å². The molecule has 0 aliphatic carbocycles. The first kappa shape index (κ1) is 12.5. The second-order valence-corrected chi connectivity index (χ2v) is 3.30. The summed E-state index contributed by atoms with van der Waals surface area (Å²) in [6, 6.07) is 7.40. The summed E-state index contributed by atoms with van der Waals surface area (Å²) in [4.78, 5) is 0. The normalized spacial score (nSPS) is 10.2. The first-order valence-corrected chi connectivity index (χ1v) is 4.43. The first-order chi connectivity index (χ1) is 5.52. The smallest absolute Gasteiger partial charge is 0.478 e. The van der Waals surface area contributed by atoms with Gasteiger partial charge in [0.15, 0.2) is 0 Å². The minimum Gasteiger partial charge on any atom is -0.478 e. The summed E-state index contributed by atoms with van der Waals surface area (Å²) >= 11 is 0. The fraction of sp³-hybridized carbons (Fsp3) is 0. The van der Waals surface area contributed by atoms with Crippen molar-refractivity contribution in [3.05, 3.63) is 35.9 Å². The molecule has 0 aliphatic heterocycles. The Bertz CT molecular complexity index is 390. The topological polar surface area (TPSA) is 79.7 Å². The van der Waals surface area contributed by atoms with E-state index >= 15 is 0 Å². The van der Waals surface area contributed by atoms with E-state index < -0.39 is 10.3 Å². The monoisotopic (exact) mass is 293 g/mol. The number of nitrogens with zero attached hydrogens (tertiary/aromatic N) is 2. The quantitative estimate of drug-likeness (QED) is 0.384. The van der Waals surface area contributed by atoms with Gasteiger partial charge in [0.05, 0.1) is 0 Å². The van der Waals surface area contributed by atoms with E-state index in [0.29, 0.717) is 0 Å². The van der Waals surface area contributed by atoms with Gasteiger partial charge in [-0.3, -0.25) is 0 Å². The van der Waals surface area contributed by atoms with Crippen molar-refractivity contribution < 1.29 is 39.5 Å². The molecule has 1 N–H and O–H groups in total. The Labute approximate surface area is 91.3 Å². The minimum absolute atomic E-state index is 0. The summed E-state index contributed by atoms with van der Waals surface area (Å²) in [5, 5.41) is 0. The first-order valence-electron chi connectivity index (χ1n) is 3.03. The Balaban J connectivity index is 0.00000144. The van der Waals surface area contributed by atoms with Crippen molar-refractivity contribution in [2.24, 2.45) is 0 Å². The van der Waals surface area contributed by atoms with Crippen LogP contribution in [-0.4, -0.2) is 17.1 Å². The van der Waals surface area contributed by atoms with E-state index in [1.54, 1.807) is 6.07 Å². The molecule has 75 valence electrons. The van der Waals surface area contributed by atoms with Gasteiger partial charge in [0, 0.05) is 34.5 Å². The van der Waals surface area contributed by atoms with Crippen LogP contribution in [0.2, 0.25) is 0 Å². The van der Waals surface area contributed by atoms with Crippen LogP contribution >= 0.6 is 0 Å². The van der Waals surface area contributed by atoms with Gasteiger partial charge in [0.1, 0.15) is 0 Å². The van der Waals surface area contributed by atoms with Crippen LogP contribution in [0.25, 0.3) is 5.53 Å². The molecular formula is C6H6AgN2O3S. The standard InChI is InChI=1S/C6H6N2O3S.Ag/c7-8(12(9,10)11)6-4-2-1-3-5-6;/h1-5H,(H,9,10,11);. The largest absolute Gasteiger partial charge is 0.501 e. The van der Waals surface area contributed by atoms with Gasteiger partial charge in [0.2, 0.25) is 5.69 Å². The van der Waals surface area contributed by atoms with Gasteiger partial charge in [-0.1, -0.05) is 18.2 Å². The van der Waals surface area contributed by atoms with E-state index in [4.69, 9.17) is 10.1 Å². The molecule has 0 aromatic heterocycles. The van der Waals surface area contributed by atoms with E-state index in [9.17, 15) is 8.42 Å². The number of hydrogen-bond donors (Lipinski definition) is 1. The fourth-order valence-electron chi connectivity index (χ4n) is 0.689. The van der Waals surface area contributed by atoms with Gasteiger partial charge in [-0.05, 0) is 0 Å². The maximum atomic E-state index is 10.4. The molecule has 0 saturated heterocycles. The Hall–Kier alpha value is -0.530. The number of para-hydroxylation sites is 1. The Morgan fingerprint density at radius 3 is 2.08 bits per heavy atom. The summed E-state index contributed by atoms with van der Waals surface area (Å²) in [5.41, 5.74) is 8.84. The second kappa shape index (κ2) is 4.64. The molecular weight excluding hydrogens is 288 g/mol. The van der Waals surface area contributed by atoms with Crippen LogP contribution in [0, 0.1) is 0 Å². The average Bonchev–Trinajstić information content (AvgIpc) is 2.03. The molecule has 0 spiro atoms. The van der Waals surface area contributed by atoms with Crippen molar-refractivity contribution in [1.82, 2.24) is 0 Å². The van der Waals surface area contributed by atoms with Gasteiger partial charge in [-0.25, -0.2) is 4.55 Å². The molecule has 13 heavy (non-hydrogen) atoms. The minimum atomic E-state index is -4.57. The van der Waals surface area contributed by atoms with Crippen molar-refractivity contribution in [2.45, 2.75) is 0 Å². The van der Waals surface area contributed by atoms with Gasteiger partial charge < -0.3 is 5.53 Å². The predicted molar refractivity (Wildman–Crippen MR) is 41.3 cm³/mol. The molecule has 0 heterocycles. The van der Waals surface area contributed by atoms with E-state index in [1.807, 2.05) is 0 Å². The molecule has 5 nitrogen and oxygen atoms in total. The number of benzene rings is 1. The maximum Gasteiger partial charge on any atom is 0.501 e. The molecule has 0 bridgehead atoms. The summed E-state index contributed by atoms with van der Waals surface area (Å²) in [7, 11) is -4.57. The average molecular weight is 294 g/mol. The third kappa shape index (κ3) is 3.37. The molecule has 0 amide bonds. The zero-order chi connectivity index (χ0) is 9.19. The van der Waals surface area contributed by atoms with Crippen LogP contribution in [-0.2, 0) is 32.7 Å². The molecule has 1 rings (SSSR count). The summed E-state index contributed by atoms with van der Waals surface area (Å²) in [5.74, 6) is 0. The summed E-state index contributed by atoms with van der Waals surface area (Å²) in [6.45, 7) is 0. The van der Waals surface area contributed by atoms with Crippen molar-refractivity contribution in [2.75, 3.05) is 0 Å². The van der Waals surface area contributed by atoms with Gasteiger partial charge in [-0.15, -0.1) is 12.5 Å². The zero-order valence-corrected chi connectivity index (χ0v) is 8.55. The Morgan fingerprint density at radius 2 is 1.69 bits per heavy atom. The molecule has 0 aliphatic rings. The van der Waals surface area contributed by atoms with Crippen LogP contribution in [0.5, 0.6) is 0 Å². The maximum absolute atomic E-state index is 10.4. The predicted octanol–water partition coefficient (Wildman–Crippen LogP) is 1.15. The molecule has 1 radical (unpaired) electrons. The van der Waals surface area contributed by atoms with E-state index in [2.05, 4.69) is 0 Å². The Kier molecular flexibility index (Phi) is 4.45. The van der Waals surface area contributed by atoms with E-state index in [0.717, 1.165) is 0 Å². The number of rotatable bonds is 2. The van der Waals surface area contributed by atoms with Crippen LogP contribution in [0.4, 0.5) is 5.69 Å². The third-order valence-corrected chi connectivity index (χ3v) is 1.84. The van der Waals surface area contributed by atoms with Gasteiger partial charge in [-0.2, -0.15) is 0 Å². The molecule has 0 atom stereocenters. The molecule has 0 fully saturated rings. The van der Waals surface area contributed by atoms with Crippen molar-refractivity contribution in [3.63, 3.8) is 0 Å². The van der Waals surface area contributed by atoms with Crippen LogP contribution in [0.3, 0.4) is 0 Å². The van der Waals surface area contributed by atoms with Crippen LogP contribution in [0.1, 0.15) is 0 Å². The third-order valence-electron chi connectivity index (χ3n) is 1.20. The molecule has 1 aromatic rings. The molecule has 7 heteroatoms. The second-order valence-electron chi connectivity index (χ2n) is 2.06. The Morgan fingerprint density at radius 1 is 1.23 bits per heavy atom. The van der Waals surface area contributed by atoms with E-state index in [1.165, 1.54) is 24.3 Å².